The van der Waals surface area contributed by atoms with E-state index in [1.165, 1.54) is 19.3 Å². The molecule has 0 aliphatic carbocycles. The SMILES string of the molecule is CN1CCCCC1CNc1ncc(N)cc1C#N. The summed E-state index contributed by atoms with van der Waals surface area (Å²) in [6.45, 7) is 1.97. The minimum Gasteiger partial charge on any atom is -0.397 e. The number of likely N-dealkylation sites (tertiary alicyclic amines) is 1. The topological polar surface area (TPSA) is 78.0 Å². The number of anilines is 2. The number of pyridine rings is 1. The Morgan fingerprint density at radius 1 is 1.61 bits per heavy atom. The molecule has 0 bridgehead atoms. The number of nitrogens with zero attached hydrogens (tertiary/aromatic N) is 3. The van der Waals surface area contributed by atoms with Gasteiger partial charge in [-0.1, -0.05) is 6.42 Å². The third-order valence-electron chi connectivity index (χ3n) is 3.46. The molecule has 5 nitrogen and oxygen atoms in total. The Kier molecular flexibility index (Phi) is 4.00. The zero-order valence-electron chi connectivity index (χ0n) is 10.7. The zero-order valence-corrected chi connectivity index (χ0v) is 10.7. The lowest BCUT2D eigenvalue weighted by Gasteiger charge is -2.32. The molecule has 5 heteroatoms. The largest absolute Gasteiger partial charge is 0.397 e. The predicted octanol–water partition coefficient (Wildman–Crippen LogP) is 1.43. The number of nitrogen functional groups attached to an aromatic ring is 1. The van der Waals surface area contributed by atoms with E-state index in [9.17, 15) is 0 Å². The number of piperidine rings is 1. The Hall–Kier alpha value is -1.80. The van der Waals surface area contributed by atoms with Crippen LogP contribution in [0.25, 0.3) is 0 Å². The summed E-state index contributed by atoms with van der Waals surface area (Å²) in [7, 11) is 2.15. The van der Waals surface area contributed by atoms with Crippen LogP contribution in [0.15, 0.2) is 12.3 Å². The Morgan fingerprint density at radius 3 is 3.17 bits per heavy atom. The lowest BCUT2D eigenvalue weighted by atomic mass is 10.0. The highest BCUT2D eigenvalue weighted by molar-refractivity contribution is 5.57. The van der Waals surface area contributed by atoms with E-state index in [2.05, 4.69) is 28.3 Å². The molecule has 3 N–H and O–H groups in total. The quantitative estimate of drug-likeness (QED) is 0.842. The number of nitriles is 1. The fourth-order valence-electron chi connectivity index (χ4n) is 2.32. The second-order valence-electron chi connectivity index (χ2n) is 4.79. The van der Waals surface area contributed by atoms with Crippen molar-refractivity contribution in [3.63, 3.8) is 0 Å². The first-order chi connectivity index (χ1) is 8.70. The summed E-state index contributed by atoms with van der Waals surface area (Å²) in [5.74, 6) is 0.630. The molecule has 1 aromatic heterocycles. The van der Waals surface area contributed by atoms with Gasteiger partial charge in [-0.05, 0) is 32.5 Å². The van der Waals surface area contributed by atoms with Crippen LogP contribution in [-0.4, -0.2) is 36.1 Å². The molecule has 1 fully saturated rings. The highest BCUT2D eigenvalue weighted by Gasteiger charge is 2.18. The van der Waals surface area contributed by atoms with Crippen LogP contribution in [0, 0.1) is 11.3 Å². The molecule has 2 heterocycles. The van der Waals surface area contributed by atoms with Gasteiger partial charge >= 0.3 is 0 Å². The van der Waals surface area contributed by atoms with E-state index < -0.39 is 0 Å². The molecule has 1 aromatic rings. The molecule has 2 rings (SSSR count). The fourth-order valence-corrected chi connectivity index (χ4v) is 2.32. The van der Waals surface area contributed by atoms with Gasteiger partial charge in [0.05, 0.1) is 17.4 Å². The van der Waals surface area contributed by atoms with Crippen LogP contribution >= 0.6 is 0 Å². The molecule has 1 saturated heterocycles. The maximum atomic E-state index is 9.04. The average molecular weight is 245 g/mol. The summed E-state index contributed by atoms with van der Waals surface area (Å²) in [6, 6.07) is 4.29. The van der Waals surface area contributed by atoms with Crippen molar-refractivity contribution >= 4 is 11.5 Å². The summed E-state index contributed by atoms with van der Waals surface area (Å²) in [6.07, 6.45) is 5.32. The molecule has 0 spiro atoms. The molecule has 0 aromatic carbocycles. The van der Waals surface area contributed by atoms with Gasteiger partial charge in [0, 0.05) is 12.6 Å². The number of nitrogens with two attached hydrogens (primary N) is 1. The van der Waals surface area contributed by atoms with Crippen LogP contribution in [0.2, 0.25) is 0 Å². The van der Waals surface area contributed by atoms with Crippen LogP contribution in [-0.2, 0) is 0 Å². The van der Waals surface area contributed by atoms with Gasteiger partial charge in [0.2, 0.25) is 0 Å². The monoisotopic (exact) mass is 245 g/mol. The Balaban J connectivity index is 1.99. The highest BCUT2D eigenvalue weighted by Crippen LogP contribution is 2.18. The lowest BCUT2D eigenvalue weighted by molar-refractivity contribution is 0.194. The number of likely N-dealkylation sites (N-methyl/N-ethyl adjacent to an activating group) is 1. The second-order valence-corrected chi connectivity index (χ2v) is 4.79. The van der Waals surface area contributed by atoms with Crippen molar-refractivity contribution in [3.05, 3.63) is 17.8 Å². The van der Waals surface area contributed by atoms with Crippen molar-refractivity contribution in [1.29, 1.82) is 5.26 Å². The minimum absolute atomic E-state index is 0.508. The van der Waals surface area contributed by atoms with E-state index in [1.807, 2.05) is 0 Å². The summed E-state index contributed by atoms with van der Waals surface area (Å²) in [5, 5.41) is 12.3. The van der Waals surface area contributed by atoms with E-state index in [-0.39, 0.29) is 0 Å². The first-order valence-corrected chi connectivity index (χ1v) is 6.30. The van der Waals surface area contributed by atoms with E-state index in [4.69, 9.17) is 11.0 Å². The van der Waals surface area contributed by atoms with Crippen molar-refractivity contribution in [3.8, 4) is 6.07 Å². The molecule has 1 aliphatic rings. The molecule has 96 valence electrons. The van der Waals surface area contributed by atoms with Crippen molar-refractivity contribution in [1.82, 2.24) is 9.88 Å². The van der Waals surface area contributed by atoms with Crippen molar-refractivity contribution in [2.45, 2.75) is 25.3 Å². The Morgan fingerprint density at radius 2 is 2.44 bits per heavy atom. The lowest BCUT2D eigenvalue weighted by Crippen LogP contribution is -2.40. The first-order valence-electron chi connectivity index (χ1n) is 6.30. The summed E-state index contributed by atoms with van der Waals surface area (Å²) >= 11 is 0. The maximum Gasteiger partial charge on any atom is 0.144 e. The van der Waals surface area contributed by atoms with Gasteiger partial charge in [0.15, 0.2) is 0 Å². The third-order valence-corrected chi connectivity index (χ3v) is 3.46. The van der Waals surface area contributed by atoms with Crippen LogP contribution in [0.4, 0.5) is 11.5 Å². The van der Waals surface area contributed by atoms with Crippen LogP contribution in [0.3, 0.4) is 0 Å². The third kappa shape index (κ3) is 2.90. The van der Waals surface area contributed by atoms with Crippen molar-refractivity contribution < 1.29 is 0 Å². The summed E-state index contributed by atoms with van der Waals surface area (Å²) in [5.41, 5.74) is 6.64. The number of rotatable bonds is 3. The average Bonchev–Trinajstić information content (AvgIpc) is 2.39. The van der Waals surface area contributed by atoms with Crippen LogP contribution < -0.4 is 11.1 Å². The van der Waals surface area contributed by atoms with Gasteiger partial charge < -0.3 is 16.0 Å². The second kappa shape index (κ2) is 5.69. The van der Waals surface area contributed by atoms with E-state index in [0.717, 1.165) is 13.1 Å². The van der Waals surface area contributed by atoms with Gasteiger partial charge in [0.1, 0.15) is 11.9 Å². The molecule has 1 unspecified atom stereocenters. The first kappa shape index (κ1) is 12.7. The molecular weight excluding hydrogens is 226 g/mol. The number of aromatic nitrogens is 1. The zero-order chi connectivity index (χ0) is 13.0. The number of hydrogen-bond donors (Lipinski definition) is 2. The fraction of sp³-hybridized carbons (Fsp3) is 0.538. The normalized spacial score (nSPS) is 20.3. The molecule has 18 heavy (non-hydrogen) atoms. The highest BCUT2D eigenvalue weighted by atomic mass is 15.2. The maximum absolute atomic E-state index is 9.04. The summed E-state index contributed by atoms with van der Waals surface area (Å²) < 4.78 is 0. The predicted molar refractivity (Wildman–Crippen MR) is 72.1 cm³/mol. The van der Waals surface area contributed by atoms with E-state index >= 15 is 0 Å². The van der Waals surface area contributed by atoms with E-state index in [0.29, 0.717) is 23.1 Å². The molecule has 0 saturated carbocycles. The van der Waals surface area contributed by atoms with Gasteiger partial charge in [-0.2, -0.15) is 5.26 Å². The number of hydrogen-bond acceptors (Lipinski definition) is 5. The van der Waals surface area contributed by atoms with Gasteiger partial charge in [-0.15, -0.1) is 0 Å². The smallest absolute Gasteiger partial charge is 0.144 e. The molecule has 0 amide bonds. The molecule has 1 atom stereocenters. The minimum atomic E-state index is 0.508. The van der Waals surface area contributed by atoms with Gasteiger partial charge in [0.25, 0.3) is 0 Å². The van der Waals surface area contributed by atoms with Gasteiger partial charge in [-0.25, -0.2) is 4.98 Å². The molecular formula is C13H19N5. The summed E-state index contributed by atoms with van der Waals surface area (Å²) in [4.78, 5) is 6.54. The Bertz CT molecular complexity index is 451. The molecule has 1 aliphatic heterocycles. The van der Waals surface area contributed by atoms with Crippen LogP contribution in [0.1, 0.15) is 24.8 Å². The van der Waals surface area contributed by atoms with Crippen LogP contribution in [0.5, 0.6) is 0 Å². The van der Waals surface area contributed by atoms with Crippen molar-refractivity contribution in [2.75, 3.05) is 31.2 Å². The number of nitrogens with one attached hydrogen (secondary N) is 1. The van der Waals surface area contributed by atoms with Crippen molar-refractivity contribution in [2.24, 2.45) is 0 Å². The Labute approximate surface area is 108 Å². The molecule has 0 radical (unpaired) electrons. The standard InChI is InChI=1S/C13H19N5/c1-18-5-3-2-4-12(18)9-17-13-10(7-14)6-11(15)8-16-13/h6,8,12H,2-5,9,15H2,1H3,(H,16,17). The van der Waals surface area contributed by atoms with E-state index in [1.54, 1.807) is 12.3 Å². The van der Waals surface area contributed by atoms with Gasteiger partial charge in [-0.3, -0.25) is 0 Å².